The van der Waals surface area contributed by atoms with Gasteiger partial charge in [-0.3, -0.25) is 4.98 Å². The van der Waals surface area contributed by atoms with Crippen molar-refractivity contribution in [1.29, 1.82) is 0 Å². The van der Waals surface area contributed by atoms with Gasteiger partial charge in [-0.1, -0.05) is 51.5 Å². The lowest BCUT2D eigenvalue weighted by molar-refractivity contribution is 0.246. The second-order valence-corrected chi connectivity index (χ2v) is 7.92. The number of aromatic nitrogens is 3. The van der Waals surface area contributed by atoms with Gasteiger partial charge in [0.1, 0.15) is 12.4 Å². The Morgan fingerprint density at radius 3 is 2.28 bits per heavy atom. The molecule has 0 radical (unpaired) electrons. The average molecular weight is 438 g/mol. The molecule has 0 amide bonds. The van der Waals surface area contributed by atoms with Gasteiger partial charge in [-0.25, -0.2) is 0 Å². The predicted octanol–water partition coefficient (Wildman–Crippen LogP) is 5.59. The molecule has 174 valence electrons. The van der Waals surface area contributed by atoms with E-state index in [1.807, 2.05) is 34.1 Å². The summed E-state index contributed by atoms with van der Waals surface area (Å²) in [6, 6.07) is 10.9. The number of aryl methyl sites for hydroxylation is 1. The molecule has 3 rings (SSSR count). The summed E-state index contributed by atoms with van der Waals surface area (Å²) in [5, 5.41) is 1.02. The van der Waals surface area contributed by atoms with Crippen LogP contribution in [0.1, 0.15) is 46.1 Å². The number of fused-ring (bicyclic) bond motifs is 1. The monoisotopic (exact) mass is 437 g/mol. The molecule has 0 unspecified atom stereocenters. The van der Waals surface area contributed by atoms with Crippen LogP contribution >= 0.6 is 0 Å². The Hall–Kier alpha value is -2.73. The van der Waals surface area contributed by atoms with E-state index in [2.05, 4.69) is 70.9 Å². The molecule has 0 bridgehead atoms. The lowest BCUT2D eigenvalue weighted by Crippen LogP contribution is -2.27. The Morgan fingerprint density at radius 1 is 0.938 bits per heavy atom. The minimum Gasteiger partial charge on any atom is -0.462 e. The lowest BCUT2D eigenvalue weighted by atomic mass is 10.1. The highest BCUT2D eigenvalue weighted by Gasteiger charge is 2.16. The van der Waals surface area contributed by atoms with Crippen molar-refractivity contribution in [2.24, 2.45) is 0 Å². The van der Waals surface area contributed by atoms with E-state index in [4.69, 9.17) is 9.72 Å². The third-order valence-electron chi connectivity index (χ3n) is 4.91. The van der Waals surface area contributed by atoms with Crippen molar-refractivity contribution in [3.8, 4) is 17.3 Å². The highest BCUT2D eigenvalue weighted by atomic mass is 16.5. The standard InChI is InChI=1S/C24H33N5O.C2H6/c1-6-11-29(12-7-2)23-20-16-21(19-10-8-9-18(3)15-19)25-17-22(20)26-24(27-23)30-14-13-28(4)5;1-2/h8-10,15-17H,6-7,11-14H2,1-5H3;1-2H3. The molecule has 0 saturated heterocycles. The van der Waals surface area contributed by atoms with Gasteiger partial charge in [0.15, 0.2) is 0 Å². The van der Waals surface area contributed by atoms with E-state index < -0.39 is 0 Å². The summed E-state index contributed by atoms with van der Waals surface area (Å²) in [6.07, 6.45) is 3.95. The van der Waals surface area contributed by atoms with Crippen LogP contribution in [0.3, 0.4) is 0 Å². The molecular formula is C26H39N5O. The zero-order valence-corrected chi connectivity index (χ0v) is 20.9. The minimum absolute atomic E-state index is 0.418. The Labute approximate surface area is 193 Å². The van der Waals surface area contributed by atoms with E-state index in [0.717, 1.165) is 60.5 Å². The predicted molar refractivity (Wildman–Crippen MR) is 136 cm³/mol. The van der Waals surface area contributed by atoms with Crippen molar-refractivity contribution < 1.29 is 4.74 Å². The van der Waals surface area contributed by atoms with Gasteiger partial charge in [0.25, 0.3) is 0 Å². The quantitative estimate of drug-likeness (QED) is 0.412. The van der Waals surface area contributed by atoms with Gasteiger partial charge in [-0.05, 0) is 46.0 Å². The SMILES string of the molecule is CC.CCCN(CCC)c1nc(OCCN(C)C)nc2cnc(-c3cccc(C)c3)cc12. The number of rotatable bonds is 10. The molecule has 6 nitrogen and oxygen atoms in total. The fraction of sp³-hybridized carbons (Fsp3) is 0.500. The number of likely N-dealkylation sites (N-methyl/N-ethyl adjacent to an activating group) is 1. The number of anilines is 1. The second kappa shape index (κ2) is 13.0. The maximum Gasteiger partial charge on any atom is 0.319 e. The first-order valence-corrected chi connectivity index (χ1v) is 11.8. The van der Waals surface area contributed by atoms with Gasteiger partial charge in [0.05, 0.1) is 17.4 Å². The van der Waals surface area contributed by atoms with Crippen LogP contribution < -0.4 is 9.64 Å². The van der Waals surface area contributed by atoms with Crippen molar-refractivity contribution >= 4 is 16.7 Å². The molecule has 2 heterocycles. The summed E-state index contributed by atoms with van der Waals surface area (Å²) in [7, 11) is 4.05. The van der Waals surface area contributed by atoms with Crippen molar-refractivity contribution in [3.63, 3.8) is 0 Å². The number of benzene rings is 1. The average Bonchev–Trinajstić information content (AvgIpc) is 2.79. The third-order valence-corrected chi connectivity index (χ3v) is 4.91. The van der Waals surface area contributed by atoms with Crippen molar-refractivity contribution in [1.82, 2.24) is 19.9 Å². The Morgan fingerprint density at radius 2 is 1.66 bits per heavy atom. The molecule has 0 N–H and O–H groups in total. The number of pyridine rings is 1. The Kier molecular flexibility index (Phi) is 10.3. The molecule has 0 aliphatic heterocycles. The fourth-order valence-corrected chi connectivity index (χ4v) is 3.45. The van der Waals surface area contributed by atoms with Crippen molar-refractivity contribution in [2.75, 3.05) is 45.2 Å². The van der Waals surface area contributed by atoms with E-state index in [1.54, 1.807) is 0 Å². The van der Waals surface area contributed by atoms with Gasteiger partial charge in [-0.2, -0.15) is 9.97 Å². The first-order valence-electron chi connectivity index (χ1n) is 11.8. The van der Waals surface area contributed by atoms with Crippen molar-refractivity contribution in [2.45, 2.75) is 47.5 Å². The third kappa shape index (κ3) is 6.89. The molecule has 0 aliphatic rings. The second-order valence-electron chi connectivity index (χ2n) is 7.92. The van der Waals surface area contributed by atoms with Gasteiger partial charge < -0.3 is 14.5 Å². The highest BCUT2D eigenvalue weighted by Crippen LogP contribution is 2.30. The van der Waals surface area contributed by atoms with E-state index >= 15 is 0 Å². The van der Waals surface area contributed by atoms with Crippen molar-refractivity contribution in [3.05, 3.63) is 42.1 Å². The number of nitrogens with zero attached hydrogens (tertiary/aromatic N) is 5. The molecule has 2 aromatic heterocycles. The van der Waals surface area contributed by atoms with E-state index in [1.165, 1.54) is 5.56 Å². The first-order chi connectivity index (χ1) is 15.5. The summed E-state index contributed by atoms with van der Waals surface area (Å²) in [5.74, 6) is 0.930. The molecule has 0 aliphatic carbocycles. The van der Waals surface area contributed by atoms with Crippen LogP contribution in [0.5, 0.6) is 6.01 Å². The smallest absolute Gasteiger partial charge is 0.319 e. The van der Waals surface area contributed by atoms with Gasteiger partial charge in [0, 0.05) is 30.6 Å². The Bertz CT molecular complexity index is 968. The Balaban J connectivity index is 0.00000176. The van der Waals surface area contributed by atoms with Crippen LogP contribution in [0, 0.1) is 6.92 Å². The summed E-state index contributed by atoms with van der Waals surface area (Å²) in [4.78, 5) is 18.6. The number of hydrogen-bond donors (Lipinski definition) is 0. The topological polar surface area (TPSA) is 54.4 Å². The lowest BCUT2D eigenvalue weighted by Gasteiger charge is -2.24. The van der Waals surface area contributed by atoms with Gasteiger partial charge >= 0.3 is 6.01 Å². The number of ether oxygens (including phenoxy) is 1. The first kappa shape index (κ1) is 25.5. The summed E-state index contributed by atoms with van der Waals surface area (Å²) >= 11 is 0. The van der Waals surface area contributed by atoms with Gasteiger partial charge in [0.2, 0.25) is 0 Å². The molecule has 1 aromatic carbocycles. The van der Waals surface area contributed by atoms with Gasteiger partial charge in [-0.15, -0.1) is 0 Å². The van der Waals surface area contributed by atoms with E-state index in [0.29, 0.717) is 12.6 Å². The molecule has 6 heteroatoms. The van der Waals surface area contributed by atoms with Crippen LogP contribution in [-0.4, -0.2) is 60.2 Å². The van der Waals surface area contributed by atoms with Crippen LogP contribution in [-0.2, 0) is 0 Å². The minimum atomic E-state index is 0.418. The summed E-state index contributed by atoms with van der Waals surface area (Å²) < 4.78 is 5.88. The molecule has 0 fully saturated rings. The molecule has 3 aromatic rings. The van der Waals surface area contributed by atoms with E-state index in [9.17, 15) is 0 Å². The summed E-state index contributed by atoms with van der Waals surface area (Å²) in [5.41, 5.74) is 4.07. The zero-order valence-electron chi connectivity index (χ0n) is 20.9. The van der Waals surface area contributed by atoms with Crippen LogP contribution in [0.4, 0.5) is 5.82 Å². The normalized spacial score (nSPS) is 10.8. The van der Waals surface area contributed by atoms with Crippen LogP contribution in [0.25, 0.3) is 22.2 Å². The zero-order chi connectivity index (χ0) is 23.5. The molecule has 0 atom stereocenters. The maximum absolute atomic E-state index is 5.88. The molecular weight excluding hydrogens is 398 g/mol. The van der Waals surface area contributed by atoms with Crippen LogP contribution in [0.15, 0.2) is 36.5 Å². The molecule has 0 spiro atoms. The summed E-state index contributed by atoms with van der Waals surface area (Å²) in [6.45, 7) is 13.7. The molecule has 0 saturated carbocycles. The fourth-order valence-electron chi connectivity index (χ4n) is 3.45. The molecule has 32 heavy (non-hydrogen) atoms. The number of hydrogen-bond acceptors (Lipinski definition) is 6. The largest absolute Gasteiger partial charge is 0.462 e. The maximum atomic E-state index is 5.88. The van der Waals surface area contributed by atoms with Crippen LogP contribution in [0.2, 0.25) is 0 Å². The van der Waals surface area contributed by atoms with E-state index in [-0.39, 0.29) is 0 Å². The highest BCUT2D eigenvalue weighted by molar-refractivity contribution is 5.92.